The maximum Gasteiger partial charge on any atom is 0.264 e. The molecule has 4 aromatic rings. The lowest BCUT2D eigenvalue weighted by molar-refractivity contribution is 0.0951. The number of amides is 1. The van der Waals surface area contributed by atoms with Crippen molar-refractivity contribution < 1.29 is 17.9 Å². The highest BCUT2D eigenvalue weighted by molar-refractivity contribution is 7.92. The molecule has 1 N–H and O–H groups in total. The van der Waals surface area contributed by atoms with E-state index >= 15 is 0 Å². The van der Waals surface area contributed by atoms with Gasteiger partial charge >= 0.3 is 0 Å². The minimum Gasteiger partial charge on any atom is -0.491 e. The predicted molar refractivity (Wildman–Crippen MR) is 156 cm³/mol. The van der Waals surface area contributed by atoms with Crippen LogP contribution in [0.5, 0.6) is 5.75 Å². The lowest BCUT2D eigenvalue weighted by Gasteiger charge is -2.26. The van der Waals surface area contributed by atoms with E-state index in [0.717, 1.165) is 22.4 Å². The Hall–Kier alpha value is -3.81. The third-order valence-corrected chi connectivity index (χ3v) is 8.07. The number of aryl methyl sites for hydroxylation is 1. The number of halogens is 1. The van der Waals surface area contributed by atoms with Gasteiger partial charge in [0, 0.05) is 17.1 Å². The molecule has 0 radical (unpaired) electrons. The highest BCUT2D eigenvalue weighted by atomic mass is 35.5. The summed E-state index contributed by atoms with van der Waals surface area (Å²) in [5.41, 5.74) is 3.44. The summed E-state index contributed by atoms with van der Waals surface area (Å²) in [5.74, 6) is 0.565. The first-order valence-electron chi connectivity index (χ1n) is 12.6. The third-order valence-electron chi connectivity index (χ3n) is 6.06. The average molecular weight is 563 g/mol. The summed E-state index contributed by atoms with van der Waals surface area (Å²) in [4.78, 5) is 12.9. The van der Waals surface area contributed by atoms with Crippen molar-refractivity contribution in [3.8, 4) is 5.75 Å². The second kappa shape index (κ2) is 12.4. The SMILES string of the molecule is Cc1ccc(Cl)cc1N(Cc1ccc(C(=O)NCc2ccc(OC(C)C)cc2)cc1)S(=O)(=O)c1ccccc1. The molecule has 0 aliphatic heterocycles. The van der Waals surface area contributed by atoms with Crippen molar-refractivity contribution in [1.82, 2.24) is 5.32 Å². The van der Waals surface area contributed by atoms with Gasteiger partial charge in [-0.1, -0.05) is 60.1 Å². The second-order valence-corrected chi connectivity index (χ2v) is 11.7. The molecule has 8 heteroatoms. The molecule has 0 aromatic heterocycles. The van der Waals surface area contributed by atoms with Crippen LogP contribution in [-0.2, 0) is 23.1 Å². The van der Waals surface area contributed by atoms with Crippen LogP contribution in [0.25, 0.3) is 0 Å². The quantitative estimate of drug-likeness (QED) is 0.232. The van der Waals surface area contributed by atoms with Crippen molar-refractivity contribution in [2.75, 3.05) is 4.31 Å². The number of rotatable bonds is 10. The molecule has 0 saturated heterocycles. The third kappa shape index (κ3) is 7.19. The largest absolute Gasteiger partial charge is 0.491 e. The Bertz CT molecular complexity index is 1520. The van der Waals surface area contributed by atoms with Crippen molar-refractivity contribution in [2.45, 2.75) is 44.9 Å². The van der Waals surface area contributed by atoms with Crippen molar-refractivity contribution in [2.24, 2.45) is 0 Å². The Morgan fingerprint density at radius 1 is 0.897 bits per heavy atom. The molecule has 0 unspecified atom stereocenters. The summed E-state index contributed by atoms with van der Waals surface area (Å²) >= 11 is 6.24. The number of carbonyl (C=O) groups is 1. The van der Waals surface area contributed by atoms with Gasteiger partial charge in [-0.2, -0.15) is 0 Å². The zero-order valence-corrected chi connectivity index (χ0v) is 23.7. The van der Waals surface area contributed by atoms with Gasteiger partial charge in [0.2, 0.25) is 0 Å². The van der Waals surface area contributed by atoms with E-state index in [1.54, 1.807) is 72.8 Å². The molecule has 0 heterocycles. The van der Waals surface area contributed by atoms with Gasteiger partial charge in [0.1, 0.15) is 5.75 Å². The first kappa shape index (κ1) is 28.2. The molecule has 0 aliphatic carbocycles. The summed E-state index contributed by atoms with van der Waals surface area (Å²) in [6, 6.07) is 28.0. The van der Waals surface area contributed by atoms with Crippen molar-refractivity contribution >= 4 is 33.2 Å². The van der Waals surface area contributed by atoms with Crippen LogP contribution in [0.4, 0.5) is 5.69 Å². The molecule has 1 amide bonds. The van der Waals surface area contributed by atoms with E-state index in [-0.39, 0.29) is 23.5 Å². The van der Waals surface area contributed by atoms with Crippen LogP contribution < -0.4 is 14.4 Å². The summed E-state index contributed by atoms with van der Waals surface area (Å²) in [7, 11) is -3.88. The lowest BCUT2D eigenvalue weighted by Crippen LogP contribution is -2.31. The van der Waals surface area contributed by atoms with Crippen LogP contribution >= 0.6 is 11.6 Å². The normalized spacial score (nSPS) is 11.3. The van der Waals surface area contributed by atoms with E-state index in [2.05, 4.69) is 5.32 Å². The fraction of sp³-hybridized carbons (Fsp3) is 0.194. The molecule has 4 aromatic carbocycles. The van der Waals surface area contributed by atoms with Crippen LogP contribution in [0.2, 0.25) is 5.02 Å². The number of nitrogens with zero attached hydrogens (tertiary/aromatic N) is 1. The Morgan fingerprint density at radius 2 is 1.54 bits per heavy atom. The highest BCUT2D eigenvalue weighted by Gasteiger charge is 2.26. The topological polar surface area (TPSA) is 75.7 Å². The minimum absolute atomic E-state index is 0.0745. The zero-order valence-electron chi connectivity index (χ0n) is 22.1. The number of sulfonamides is 1. The van der Waals surface area contributed by atoms with E-state index < -0.39 is 10.0 Å². The maximum atomic E-state index is 13.7. The maximum absolute atomic E-state index is 13.7. The van der Waals surface area contributed by atoms with Gasteiger partial charge < -0.3 is 10.1 Å². The summed E-state index contributed by atoms with van der Waals surface area (Å²) in [6.07, 6.45) is 0.0959. The van der Waals surface area contributed by atoms with Crippen LogP contribution in [0, 0.1) is 6.92 Å². The summed E-state index contributed by atoms with van der Waals surface area (Å²) < 4.78 is 34.4. The van der Waals surface area contributed by atoms with Gasteiger partial charge in [0.05, 0.1) is 23.2 Å². The van der Waals surface area contributed by atoms with Gasteiger partial charge in [-0.15, -0.1) is 0 Å². The standard InChI is InChI=1S/C31H31ClN2O4S/c1-22(2)38-28-17-12-24(13-18-28)20-33-31(35)26-14-10-25(11-15-26)21-34(30-19-27(32)16-9-23(30)3)39(36,37)29-7-5-4-6-8-29/h4-19,22H,20-21H2,1-3H3,(H,33,35). The van der Waals surface area contributed by atoms with Crippen LogP contribution in [0.1, 0.15) is 40.9 Å². The Balaban J connectivity index is 1.50. The van der Waals surface area contributed by atoms with E-state index in [4.69, 9.17) is 16.3 Å². The van der Waals surface area contributed by atoms with E-state index in [0.29, 0.717) is 22.8 Å². The van der Waals surface area contributed by atoms with Crippen molar-refractivity contribution in [1.29, 1.82) is 0 Å². The van der Waals surface area contributed by atoms with Gasteiger partial charge in [-0.25, -0.2) is 8.42 Å². The summed E-state index contributed by atoms with van der Waals surface area (Å²) in [5, 5.41) is 3.36. The first-order chi connectivity index (χ1) is 18.6. The van der Waals surface area contributed by atoms with Gasteiger partial charge in [0.25, 0.3) is 15.9 Å². The van der Waals surface area contributed by atoms with Crippen LogP contribution in [0.3, 0.4) is 0 Å². The number of nitrogens with one attached hydrogen (secondary N) is 1. The number of carbonyl (C=O) groups excluding carboxylic acids is 1. The fourth-order valence-electron chi connectivity index (χ4n) is 4.04. The number of hydrogen-bond donors (Lipinski definition) is 1. The fourth-order valence-corrected chi connectivity index (χ4v) is 5.74. The highest BCUT2D eigenvalue weighted by Crippen LogP contribution is 2.31. The van der Waals surface area contributed by atoms with Gasteiger partial charge in [-0.3, -0.25) is 9.10 Å². The zero-order chi connectivity index (χ0) is 28.0. The number of hydrogen-bond acceptors (Lipinski definition) is 4. The molecule has 4 rings (SSSR count). The van der Waals surface area contributed by atoms with E-state index in [9.17, 15) is 13.2 Å². The average Bonchev–Trinajstić information content (AvgIpc) is 2.93. The molecular formula is C31H31ClN2O4S. The van der Waals surface area contributed by atoms with Gasteiger partial charge in [-0.05, 0) is 86.0 Å². The predicted octanol–water partition coefficient (Wildman–Crippen LogP) is 6.76. The molecule has 0 saturated carbocycles. The monoisotopic (exact) mass is 562 g/mol. The molecule has 0 aliphatic rings. The van der Waals surface area contributed by atoms with Crippen molar-refractivity contribution in [3.63, 3.8) is 0 Å². The molecule has 202 valence electrons. The Kier molecular flexibility index (Phi) is 8.94. The molecule has 0 atom stereocenters. The minimum atomic E-state index is -3.88. The van der Waals surface area contributed by atoms with Crippen molar-refractivity contribution in [3.05, 3.63) is 124 Å². The van der Waals surface area contributed by atoms with Crippen LogP contribution in [0.15, 0.2) is 102 Å². The molecule has 6 nitrogen and oxygen atoms in total. The smallest absolute Gasteiger partial charge is 0.264 e. The summed E-state index contributed by atoms with van der Waals surface area (Å²) in [6.45, 7) is 6.23. The molecule has 0 spiro atoms. The first-order valence-corrected chi connectivity index (χ1v) is 14.4. The van der Waals surface area contributed by atoms with E-state index in [1.165, 1.54) is 4.31 Å². The molecular weight excluding hydrogens is 532 g/mol. The van der Waals surface area contributed by atoms with Gasteiger partial charge in [0.15, 0.2) is 0 Å². The Morgan fingerprint density at radius 3 is 2.18 bits per heavy atom. The number of anilines is 1. The number of benzene rings is 4. The number of ether oxygens (including phenoxy) is 1. The molecule has 0 fully saturated rings. The Labute approximate surface area is 235 Å². The van der Waals surface area contributed by atoms with Crippen LogP contribution in [-0.4, -0.2) is 20.4 Å². The van der Waals surface area contributed by atoms with E-state index in [1.807, 2.05) is 45.0 Å². The lowest BCUT2D eigenvalue weighted by atomic mass is 10.1. The second-order valence-electron chi connectivity index (χ2n) is 9.45. The molecule has 39 heavy (non-hydrogen) atoms. The molecule has 0 bridgehead atoms.